The smallest absolute Gasteiger partial charge is 0.274 e. The van der Waals surface area contributed by atoms with E-state index in [1.807, 2.05) is 31.2 Å². The first-order chi connectivity index (χ1) is 10.1. The number of nitrogens with zero attached hydrogens (tertiary/aromatic N) is 1. The predicted molar refractivity (Wildman–Crippen MR) is 80.7 cm³/mol. The van der Waals surface area contributed by atoms with Crippen molar-refractivity contribution in [1.82, 2.24) is 5.43 Å². The maximum atomic E-state index is 11.9. The molecule has 2 rings (SSSR count). The van der Waals surface area contributed by atoms with Gasteiger partial charge in [0.15, 0.2) is 0 Å². The van der Waals surface area contributed by atoms with E-state index in [-0.39, 0.29) is 5.91 Å². The molecule has 0 fully saturated rings. The van der Waals surface area contributed by atoms with Crippen molar-refractivity contribution in [3.05, 3.63) is 53.5 Å². The molecule has 5 nitrogen and oxygen atoms in total. The summed E-state index contributed by atoms with van der Waals surface area (Å²) in [5.41, 5.74) is 4.83. The van der Waals surface area contributed by atoms with Gasteiger partial charge < -0.3 is 9.15 Å². The van der Waals surface area contributed by atoms with Crippen LogP contribution in [0.2, 0.25) is 0 Å². The van der Waals surface area contributed by atoms with Crippen molar-refractivity contribution in [2.24, 2.45) is 5.10 Å². The highest BCUT2D eigenvalue weighted by Crippen LogP contribution is 2.18. The number of furan rings is 1. The number of ether oxygens (including phenoxy) is 1. The fraction of sp³-hybridized carbons (Fsp3) is 0.250. The minimum atomic E-state index is -0.277. The number of nitrogens with one attached hydrogen (secondary N) is 1. The minimum absolute atomic E-state index is 0.277. The lowest BCUT2D eigenvalue weighted by Gasteiger charge is -2.07. The lowest BCUT2D eigenvalue weighted by atomic mass is 10.1. The number of methoxy groups -OCH3 is 1. The Morgan fingerprint density at radius 1 is 1.33 bits per heavy atom. The van der Waals surface area contributed by atoms with Gasteiger partial charge in [0.25, 0.3) is 5.91 Å². The van der Waals surface area contributed by atoms with Crippen LogP contribution in [0.5, 0.6) is 5.75 Å². The van der Waals surface area contributed by atoms with Gasteiger partial charge >= 0.3 is 0 Å². The summed E-state index contributed by atoms with van der Waals surface area (Å²) in [7, 11) is 1.63. The highest BCUT2D eigenvalue weighted by Gasteiger charge is 2.10. The van der Waals surface area contributed by atoms with Crippen LogP contribution >= 0.6 is 0 Å². The number of hydrogen-bond donors (Lipinski definition) is 1. The molecule has 21 heavy (non-hydrogen) atoms. The first-order valence-electron chi connectivity index (χ1n) is 6.61. The summed E-state index contributed by atoms with van der Waals surface area (Å²) in [5, 5.41) is 4.11. The number of carbonyl (C=O) groups is 1. The van der Waals surface area contributed by atoms with Crippen molar-refractivity contribution in [3.63, 3.8) is 0 Å². The van der Waals surface area contributed by atoms with E-state index in [0.29, 0.717) is 17.7 Å². The van der Waals surface area contributed by atoms with Crippen LogP contribution in [0.25, 0.3) is 0 Å². The molecule has 0 spiro atoms. The van der Waals surface area contributed by atoms with Gasteiger partial charge in [0.2, 0.25) is 0 Å². The molecule has 0 unspecified atom stereocenters. The molecule has 0 aliphatic carbocycles. The number of carbonyl (C=O) groups excluding carboxylic acids is 1. The van der Waals surface area contributed by atoms with Crippen LogP contribution in [0, 0.1) is 6.92 Å². The third-order valence-corrected chi connectivity index (χ3v) is 3.09. The zero-order valence-corrected chi connectivity index (χ0v) is 12.3. The first kappa shape index (κ1) is 14.8. The molecule has 110 valence electrons. The summed E-state index contributed by atoms with van der Waals surface area (Å²) in [5.74, 6) is 1.11. The number of rotatable bonds is 5. The summed E-state index contributed by atoms with van der Waals surface area (Å²) >= 11 is 0. The van der Waals surface area contributed by atoms with E-state index in [9.17, 15) is 4.79 Å². The molecule has 0 atom stereocenters. The standard InChI is InChI=1S/C16H18N2O3/c1-11(10-13-6-4-5-7-15(13)20-3)17-18-16(19)14-8-9-21-12(14)2/h4-9H,10H2,1-3H3,(H,18,19)/b17-11-. The van der Waals surface area contributed by atoms with Gasteiger partial charge in [0.1, 0.15) is 11.5 Å². The lowest BCUT2D eigenvalue weighted by molar-refractivity contribution is 0.0953. The second kappa shape index (κ2) is 6.74. The SMILES string of the molecule is COc1ccccc1C/C(C)=N\NC(=O)c1ccoc1C. The molecule has 1 aromatic heterocycles. The maximum absolute atomic E-state index is 11.9. The molecule has 0 aliphatic heterocycles. The Labute approximate surface area is 123 Å². The Hall–Kier alpha value is -2.56. The van der Waals surface area contributed by atoms with Gasteiger partial charge in [-0.3, -0.25) is 4.79 Å². The van der Waals surface area contributed by atoms with Gasteiger partial charge in [-0.15, -0.1) is 0 Å². The van der Waals surface area contributed by atoms with E-state index in [0.717, 1.165) is 17.0 Å². The Morgan fingerprint density at radius 2 is 2.10 bits per heavy atom. The molecule has 0 aliphatic rings. The largest absolute Gasteiger partial charge is 0.496 e. The first-order valence-corrected chi connectivity index (χ1v) is 6.61. The maximum Gasteiger partial charge on any atom is 0.274 e. The van der Waals surface area contributed by atoms with Crippen LogP contribution < -0.4 is 10.2 Å². The Morgan fingerprint density at radius 3 is 2.76 bits per heavy atom. The van der Waals surface area contributed by atoms with Gasteiger partial charge in [-0.2, -0.15) is 5.10 Å². The Balaban J connectivity index is 2.02. The van der Waals surface area contributed by atoms with Crippen molar-refractivity contribution in [2.45, 2.75) is 20.3 Å². The zero-order valence-electron chi connectivity index (χ0n) is 12.3. The van der Waals surface area contributed by atoms with Crippen LogP contribution in [-0.2, 0) is 6.42 Å². The number of amides is 1. The van der Waals surface area contributed by atoms with Gasteiger partial charge in [0.05, 0.1) is 18.9 Å². The zero-order chi connectivity index (χ0) is 15.2. The fourth-order valence-corrected chi connectivity index (χ4v) is 1.99. The van der Waals surface area contributed by atoms with Crippen molar-refractivity contribution in [3.8, 4) is 5.75 Å². The van der Waals surface area contributed by atoms with Gasteiger partial charge in [0, 0.05) is 12.1 Å². The fourth-order valence-electron chi connectivity index (χ4n) is 1.99. The molecule has 1 amide bonds. The molecule has 1 heterocycles. The number of aryl methyl sites for hydroxylation is 1. The van der Waals surface area contributed by atoms with Crippen LogP contribution in [0.3, 0.4) is 0 Å². The molecule has 2 aromatic rings. The van der Waals surface area contributed by atoms with Crippen LogP contribution in [0.1, 0.15) is 28.6 Å². The summed E-state index contributed by atoms with van der Waals surface area (Å²) in [6.07, 6.45) is 2.09. The number of benzene rings is 1. The minimum Gasteiger partial charge on any atom is -0.496 e. The number of hydrazone groups is 1. The van der Waals surface area contributed by atoms with Crippen LogP contribution in [-0.4, -0.2) is 18.7 Å². The highest BCUT2D eigenvalue weighted by atomic mass is 16.5. The highest BCUT2D eigenvalue weighted by molar-refractivity contribution is 5.96. The van der Waals surface area contributed by atoms with Crippen molar-refractivity contribution in [2.75, 3.05) is 7.11 Å². The molecule has 0 bridgehead atoms. The second-order valence-corrected chi connectivity index (χ2v) is 4.67. The lowest BCUT2D eigenvalue weighted by Crippen LogP contribution is -2.19. The monoisotopic (exact) mass is 286 g/mol. The third kappa shape index (κ3) is 3.72. The van der Waals surface area contributed by atoms with E-state index >= 15 is 0 Å². The van der Waals surface area contributed by atoms with E-state index in [1.165, 1.54) is 6.26 Å². The number of hydrogen-bond acceptors (Lipinski definition) is 4. The molecule has 0 radical (unpaired) electrons. The van der Waals surface area contributed by atoms with Crippen molar-refractivity contribution < 1.29 is 13.9 Å². The second-order valence-electron chi connectivity index (χ2n) is 4.67. The van der Waals surface area contributed by atoms with E-state index in [1.54, 1.807) is 20.1 Å². The van der Waals surface area contributed by atoms with E-state index in [2.05, 4.69) is 10.5 Å². The average Bonchev–Trinajstić information content (AvgIpc) is 2.91. The van der Waals surface area contributed by atoms with Crippen LogP contribution in [0.15, 0.2) is 46.1 Å². The summed E-state index contributed by atoms with van der Waals surface area (Å²) in [6.45, 7) is 3.59. The quantitative estimate of drug-likeness (QED) is 0.679. The number of para-hydroxylation sites is 1. The Bertz CT molecular complexity index is 659. The summed E-state index contributed by atoms with van der Waals surface area (Å²) in [6, 6.07) is 9.35. The molecular formula is C16H18N2O3. The summed E-state index contributed by atoms with van der Waals surface area (Å²) < 4.78 is 10.4. The average molecular weight is 286 g/mol. The molecule has 0 saturated carbocycles. The van der Waals surface area contributed by atoms with Crippen molar-refractivity contribution >= 4 is 11.6 Å². The summed E-state index contributed by atoms with van der Waals surface area (Å²) in [4.78, 5) is 11.9. The molecular weight excluding hydrogens is 268 g/mol. The van der Waals surface area contributed by atoms with Gasteiger partial charge in [-0.1, -0.05) is 18.2 Å². The molecule has 5 heteroatoms. The van der Waals surface area contributed by atoms with Gasteiger partial charge in [-0.25, -0.2) is 5.43 Å². The topological polar surface area (TPSA) is 63.8 Å². The van der Waals surface area contributed by atoms with E-state index < -0.39 is 0 Å². The third-order valence-electron chi connectivity index (χ3n) is 3.09. The Kier molecular flexibility index (Phi) is 4.77. The van der Waals surface area contributed by atoms with Gasteiger partial charge in [-0.05, 0) is 31.5 Å². The molecule has 1 aromatic carbocycles. The van der Waals surface area contributed by atoms with Crippen LogP contribution in [0.4, 0.5) is 0 Å². The van der Waals surface area contributed by atoms with Crippen molar-refractivity contribution in [1.29, 1.82) is 0 Å². The molecule has 1 N–H and O–H groups in total. The predicted octanol–water partition coefficient (Wildman–Crippen LogP) is 2.95. The normalized spacial score (nSPS) is 11.3. The van der Waals surface area contributed by atoms with E-state index in [4.69, 9.17) is 9.15 Å². The molecule has 0 saturated heterocycles.